The molecule has 0 amide bonds. The minimum Gasteiger partial charge on any atom is -0.493 e. The highest BCUT2D eigenvalue weighted by atomic mass is 35.5. The third-order valence-electron chi connectivity index (χ3n) is 7.46. The van der Waals surface area contributed by atoms with Gasteiger partial charge in [0, 0.05) is 17.4 Å². The van der Waals surface area contributed by atoms with Gasteiger partial charge in [0.25, 0.3) is 0 Å². The van der Waals surface area contributed by atoms with Gasteiger partial charge in [-0.25, -0.2) is 0 Å². The Morgan fingerprint density at radius 3 is 2.60 bits per heavy atom. The molecule has 1 saturated carbocycles. The summed E-state index contributed by atoms with van der Waals surface area (Å²) in [7, 11) is 0. The summed E-state index contributed by atoms with van der Waals surface area (Å²) in [5.41, 5.74) is 3.69. The topological polar surface area (TPSA) is 44.8 Å². The quantitative estimate of drug-likeness (QED) is 0.264. The summed E-state index contributed by atoms with van der Waals surface area (Å²) >= 11 is 6.56. The summed E-state index contributed by atoms with van der Waals surface area (Å²) in [4.78, 5) is 11.1. The third-order valence-corrected chi connectivity index (χ3v) is 7.83. The standard InChI is InChI=1S/C30H37ClO4/c1-3-30(16-5-4-6-17-30)21-34-26-13-10-23(11-14-26)18-25-19-24(12-15-28(25)31)29-9-7-8-27(35-29)20-33-22(2)32/h7-8,10-15,19,27,29H,3-6,9,16-18,20-21H2,1-2H3/t27-,29+/m1/s1. The highest BCUT2D eigenvalue weighted by Gasteiger charge is 2.31. The number of carbonyl (C=O) groups excluding carboxylic acids is 1. The van der Waals surface area contributed by atoms with E-state index in [9.17, 15) is 4.79 Å². The minimum absolute atomic E-state index is 0.0852. The number of ether oxygens (including phenoxy) is 3. The predicted molar refractivity (Wildman–Crippen MR) is 140 cm³/mol. The van der Waals surface area contributed by atoms with E-state index < -0.39 is 0 Å². The second-order valence-electron chi connectivity index (χ2n) is 10.0. The van der Waals surface area contributed by atoms with Crippen molar-refractivity contribution in [3.05, 3.63) is 76.3 Å². The number of hydrogen-bond acceptors (Lipinski definition) is 4. The van der Waals surface area contributed by atoms with Gasteiger partial charge < -0.3 is 14.2 Å². The molecule has 4 rings (SSSR count). The number of rotatable bonds is 9. The van der Waals surface area contributed by atoms with E-state index in [2.05, 4.69) is 43.3 Å². The van der Waals surface area contributed by atoms with Crippen LogP contribution in [0.4, 0.5) is 0 Å². The minimum atomic E-state index is -0.298. The van der Waals surface area contributed by atoms with E-state index in [1.165, 1.54) is 51.0 Å². The Morgan fingerprint density at radius 2 is 1.89 bits per heavy atom. The number of carbonyl (C=O) groups is 1. The number of halogens is 1. The molecule has 2 aliphatic rings. The lowest BCUT2D eigenvalue weighted by Crippen LogP contribution is -2.30. The molecule has 1 heterocycles. The van der Waals surface area contributed by atoms with Crippen LogP contribution in [-0.4, -0.2) is 25.3 Å². The van der Waals surface area contributed by atoms with Crippen LogP contribution in [0.25, 0.3) is 0 Å². The average molecular weight is 497 g/mol. The van der Waals surface area contributed by atoms with Crippen molar-refractivity contribution in [1.29, 1.82) is 0 Å². The molecule has 188 valence electrons. The van der Waals surface area contributed by atoms with Gasteiger partial charge in [0.2, 0.25) is 0 Å². The van der Waals surface area contributed by atoms with Crippen LogP contribution in [-0.2, 0) is 20.7 Å². The van der Waals surface area contributed by atoms with Gasteiger partial charge in [-0.05, 0) is 67.0 Å². The zero-order chi connectivity index (χ0) is 24.7. The van der Waals surface area contributed by atoms with Crippen molar-refractivity contribution >= 4 is 17.6 Å². The molecule has 2 atom stereocenters. The van der Waals surface area contributed by atoms with E-state index in [1.54, 1.807) is 0 Å². The fourth-order valence-corrected chi connectivity index (χ4v) is 5.35. The molecule has 35 heavy (non-hydrogen) atoms. The summed E-state index contributed by atoms with van der Waals surface area (Å²) in [6, 6.07) is 14.5. The van der Waals surface area contributed by atoms with Gasteiger partial charge >= 0.3 is 5.97 Å². The molecule has 2 aromatic rings. The molecule has 1 aliphatic heterocycles. The van der Waals surface area contributed by atoms with Crippen LogP contribution in [0, 0.1) is 5.41 Å². The Morgan fingerprint density at radius 1 is 1.11 bits per heavy atom. The van der Waals surface area contributed by atoms with Crippen molar-refractivity contribution in [2.45, 2.75) is 77.4 Å². The molecule has 1 aliphatic carbocycles. The summed E-state index contributed by atoms with van der Waals surface area (Å²) in [5, 5.41) is 0.749. The number of hydrogen-bond donors (Lipinski definition) is 0. The van der Waals surface area contributed by atoms with Crippen molar-refractivity contribution in [2.24, 2.45) is 5.41 Å². The maximum atomic E-state index is 11.1. The van der Waals surface area contributed by atoms with Gasteiger partial charge in [-0.3, -0.25) is 4.79 Å². The molecular formula is C30H37ClO4. The second-order valence-corrected chi connectivity index (χ2v) is 10.4. The number of esters is 1. The van der Waals surface area contributed by atoms with E-state index >= 15 is 0 Å². The molecule has 4 nitrogen and oxygen atoms in total. The van der Waals surface area contributed by atoms with Gasteiger partial charge in [-0.2, -0.15) is 0 Å². The first-order chi connectivity index (χ1) is 17.0. The molecule has 0 N–H and O–H groups in total. The summed E-state index contributed by atoms with van der Waals surface area (Å²) < 4.78 is 17.5. The Labute approximate surface area is 214 Å². The van der Waals surface area contributed by atoms with Crippen molar-refractivity contribution in [2.75, 3.05) is 13.2 Å². The molecule has 1 fully saturated rings. The average Bonchev–Trinajstić information content (AvgIpc) is 2.89. The first kappa shape index (κ1) is 25.8. The van der Waals surface area contributed by atoms with E-state index in [0.29, 0.717) is 5.41 Å². The maximum Gasteiger partial charge on any atom is 0.302 e. The molecule has 0 aromatic heterocycles. The fourth-order valence-electron chi connectivity index (χ4n) is 5.17. The van der Waals surface area contributed by atoms with Crippen LogP contribution in [0.15, 0.2) is 54.6 Å². The van der Waals surface area contributed by atoms with Gasteiger partial charge in [0.05, 0.1) is 12.7 Å². The van der Waals surface area contributed by atoms with Crippen LogP contribution in [0.5, 0.6) is 5.75 Å². The highest BCUT2D eigenvalue weighted by molar-refractivity contribution is 6.31. The predicted octanol–water partition coefficient (Wildman–Crippen LogP) is 7.62. The summed E-state index contributed by atoms with van der Waals surface area (Å²) in [5.74, 6) is 0.640. The smallest absolute Gasteiger partial charge is 0.302 e. The monoisotopic (exact) mass is 496 g/mol. The second kappa shape index (κ2) is 12.1. The van der Waals surface area contributed by atoms with Gasteiger partial charge in [-0.15, -0.1) is 0 Å². The highest BCUT2D eigenvalue weighted by Crippen LogP contribution is 2.39. The molecule has 0 spiro atoms. The van der Waals surface area contributed by atoms with Gasteiger partial charge in [0.15, 0.2) is 0 Å². The molecular weight excluding hydrogens is 460 g/mol. The summed E-state index contributed by atoms with van der Waals surface area (Å²) in [6.45, 7) is 4.75. The largest absolute Gasteiger partial charge is 0.493 e. The molecule has 0 unspecified atom stereocenters. The lowest BCUT2D eigenvalue weighted by atomic mass is 9.73. The van der Waals surface area contributed by atoms with Crippen molar-refractivity contribution in [3.8, 4) is 5.75 Å². The lowest BCUT2D eigenvalue weighted by Gasteiger charge is -2.36. The summed E-state index contributed by atoms with van der Waals surface area (Å²) in [6.07, 6.45) is 13.0. The van der Waals surface area contributed by atoms with E-state index in [0.717, 1.165) is 41.3 Å². The van der Waals surface area contributed by atoms with Crippen molar-refractivity contribution < 1.29 is 19.0 Å². The van der Waals surface area contributed by atoms with Gasteiger partial charge in [-0.1, -0.05) is 74.2 Å². The van der Waals surface area contributed by atoms with E-state index in [-0.39, 0.29) is 24.8 Å². The Hall–Kier alpha value is -2.30. The number of benzene rings is 2. The first-order valence-corrected chi connectivity index (χ1v) is 13.3. The van der Waals surface area contributed by atoms with E-state index in [4.69, 9.17) is 25.8 Å². The van der Waals surface area contributed by atoms with Crippen molar-refractivity contribution in [3.63, 3.8) is 0 Å². The Kier molecular flexibility index (Phi) is 8.91. The van der Waals surface area contributed by atoms with Crippen LogP contribution >= 0.6 is 11.6 Å². The fraction of sp³-hybridized carbons (Fsp3) is 0.500. The molecule has 0 radical (unpaired) electrons. The van der Waals surface area contributed by atoms with E-state index in [1.807, 2.05) is 18.2 Å². The zero-order valence-electron chi connectivity index (χ0n) is 20.9. The van der Waals surface area contributed by atoms with Crippen molar-refractivity contribution in [1.82, 2.24) is 0 Å². The van der Waals surface area contributed by atoms with Crippen LogP contribution < -0.4 is 4.74 Å². The zero-order valence-corrected chi connectivity index (χ0v) is 21.7. The molecule has 0 saturated heterocycles. The SMILES string of the molecule is CCC1(COc2ccc(Cc3cc([C@@H]4CC=C[C@H](COC(C)=O)O4)ccc3Cl)cc2)CCCCC1. The van der Waals surface area contributed by atoms with Crippen LogP contribution in [0.1, 0.15) is 81.6 Å². The normalized spacial score (nSPS) is 21.5. The van der Waals surface area contributed by atoms with Gasteiger partial charge in [0.1, 0.15) is 18.5 Å². The molecule has 0 bridgehead atoms. The first-order valence-electron chi connectivity index (χ1n) is 12.9. The lowest BCUT2D eigenvalue weighted by molar-refractivity contribution is -0.145. The maximum absolute atomic E-state index is 11.1. The van der Waals surface area contributed by atoms with Crippen LogP contribution in [0.2, 0.25) is 5.02 Å². The molecule has 2 aromatic carbocycles. The Balaban J connectivity index is 1.37. The third kappa shape index (κ3) is 7.11. The van der Waals surface area contributed by atoms with Crippen LogP contribution in [0.3, 0.4) is 0 Å². The Bertz CT molecular complexity index is 1010. The molecule has 5 heteroatoms.